The number of likely N-dealkylation sites (N-methyl/N-ethyl adjacent to an activating group) is 1. The Morgan fingerprint density at radius 3 is 2.80 bits per heavy atom. The van der Waals surface area contributed by atoms with Crippen LogP contribution in [0.1, 0.15) is 18.5 Å². The number of carbonyl (C=O) groups excluding carboxylic acids is 1. The zero-order chi connectivity index (χ0) is 17.8. The van der Waals surface area contributed by atoms with Crippen molar-refractivity contribution in [2.24, 2.45) is 0 Å². The summed E-state index contributed by atoms with van der Waals surface area (Å²) < 4.78 is 19.3. The summed E-state index contributed by atoms with van der Waals surface area (Å²) in [5.41, 5.74) is 1.80. The van der Waals surface area contributed by atoms with Gasteiger partial charge in [0.1, 0.15) is 11.9 Å². The maximum absolute atomic E-state index is 13.9. The number of halogens is 1. The van der Waals surface area contributed by atoms with Gasteiger partial charge in [-0.3, -0.25) is 4.79 Å². The lowest BCUT2D eigenvalue weighted by Gasteiger charge is -2.36. The molecule has 1 amide bonds. The van der Waals surface area contributed by atoms with E-state index in [0.717, 1.165) is 44.0 Å². The van der Waals surface area contributed by atoms with Crippen molar-refractivity contribution in [2.45, 2.75) is 19.1 Å². The molecule has 2 atom stereocenters. The van der Waals surface area contributed by atoms with E-state index in [2.05, 4.69) is 27.5 Å². The van der Waals surface area contributed by atoms with Crippen molar-refractivity contribution in [2.75, 3.05) is 57.8 Å². The van der Waals surface area contributed by atoms with Crippen LogP contribution in [0, 0.1) is 5.82 Å². The molecule has 0 spiro atoms. The third kappa shape index (κ3) is 4.48. The Morgan fingerprint density at radius 2 is 2.12 bits per heavy atom. The first-order valence-corrected chi connectivity index (χ1v) is 8.90. The summed E-state index contributed by atoms with van der Waals surface area (Å²) in [7, 11) is 2.10. The predicted molar refractivity (Wildman–Crippen MR) is 95.3 cm³/mol. The van der Waals surface area contributed by atoms with E-state index in [9.17, 15) is 9.18 Å². The van der Waals surface area contributed by atoms with Gasteiger partial charge in [-0.1, -0.05) is 0 Å². The molecule has 7 heteroatoms. The van der Waals surface area contributed by atoms with Gasteiger partial charge in [-0.25, -0.2) is 4.39 Å². The number of nitrogens with one attached hydrogen (secondary N) is 2. The average Bonchev–Trinajstić information content (AvgIpc) is 2.63. The minimum Gasteiger partial charge on any atom is -0.369 e. The number of benzene rings is 1. The smallest absolute Gasteiger partial charge is 0.250 e. The van der Waals surface area contributed by atoms with Crippen LogP contribution in [0.15, 0.2) is 18.2 Å². The number of nitrogens with zero attached hydrogens (tertiary/aromatic N) is 2. The highest BCUT2D eigenvalue weighted by Gasteiger charge is 2.25. The highest BCUT2D eigenvalue weighted by Crippen LogP contribution is 2.28. The van der Waals surface area contributed by atoms with Gasteiger partial charge in [0, 0.05) is 50.5 Å². The molecule has 2 heterocycles. The van der Waals surface area contributed by atoms with E-state index in [-0.39, 0.29) is 17.8 Å². The van der Waals surface area contributed by atoms with E-state index in [1.165, 1.54) is 12.1 Å². The van der Waals surface area contributed by atoms with E-state index in [4.69, 9.17) is 4.74 Å². The van der Waals surface area contributed by atoms with Crippen molar-refractivity contribution in [3.05, 3.63) is 29.6 Å². The Kier molecular flexibility index (Phi) is 5.88. The molecular formula is C18H27FN4O2. The van der Waals surface area contributed by atoms with Gasteiger partial charge in [0.05, 0.1) is 12.6 Å². The lowest BCUT2D eigenvalue weighted by atomic mass is 10.0. The Labute approximate surface area is 148 Å². The van der Waals surface area contributed by atoms with Crippen LogP contribution in [0.5, 0.6) is 0 Å². The Morgan fingerprint density at radius 1 is 1.36 bits per heavy atom. The topological polar surface area (TPSA) is 56.8 Å². The lowest BCUT2D eigenvalue weighted by molar-refractivity contribution is -0.134. The van der Waals surface area contributed by atoms with E-state index in [1.54, 1.807) is 0 Å². The molecule has 1 aromatic carbocycles. The third-order valence-electron chi connectivity index (χ3n) is 4.88. The molecule has 2 unspecified atom stereocenters. The monoisotopic (exact) mass is 350 g/mol. The summed E-state index contributed by atoms with van der Waals surface area (Å²) in [6.07, 6.45) is -0.489. The van der Waals surface area contributed by atoms with Crippen LogP contribution < -0.4 is 15.5 Å². The van der Waals surface area contributed by atoms with Gasteiger partial charge < -0.3 is 25.2 Å². The second-order valence-electron chi connectivity index (χ2n) is 6.79. The van der Waals surface area contributed by atoms with Crippen LogP contribution in [0.25, 0.3) is 0 Å². The van der Waals surface area contributed by atoms with Gasteiger partial charge in [-0.15, -0.1) is 0 Å². The van der Waals surface area contributed by atoms with E-state index >= 15 is 0 Å². The van der Waals surface area contributed by atoms with Crippen molar-refractivity contribution in [3.8, 4) is 0 Å². The van der Waals surface area contributed by atoms with Crippen molar-refractivity contribution >= 4 is 11.6 Å². The Balaban J connectivity index is 1.73. The number of carbonyl (C=O) groups is 1. The van der Waals surface area contributed by atoms with Crippen molar-refractivity contribution in [3.63, 3.8) is 0 Å². The first kappa shape index (κ1) is 18.1. The van der Waals surface area contributed by atoms with Crippen molar-refractivity contribution < 1.29 is 13.9 Å². The molecule has 138 valence electrons. The molecule has 2 aliphatic heterocycles. The molecule has 0 aromatic heterocycles. The second-order valence-corrected chi connectivity index (χ2v) is 6.79. The Hall–Kier alpha value is -1.70. The number of anilines is 1. The maximum Gasteiger partial charge on any atom is 0.250 e. The van der Waals surface area contributed by atoms with Crippen LogP contribution in [-0.4, -0.2) is 69.8 Å². The molecule has 2 saturated heterocycles. The van der Waals surface area contributed by atoms with Gasteiger partial charge in [-0.05, 0) is 32.2 Å². The SMILES string of the molecule is CC(NC(=O)C1CNCCO1)c1cc(F)ccc1N1CCN(C)CC1. The molecule has 1 aromatic rings. The minimum absolute atomic E-state index is 0.159. The summed E-state index contributed by atoms with van der Waals surface area (Å²) in [6, 6.07) is 4.54. The van der Waals surface area contributed by atoms with Crippen LogP contribution in [0.3, 0.4) is 0 Å². The molecular weight excluding hydrogens is 323 g/mol. The zero-order valence-electron chi connectivity index (χ0n) is 14.9. The zero-order valence-corrected chi connectivity index (χ0v) is 14.9. The van der Waals surface area contributed by atoms with Gasteiger partial charge in [0.2, 0.25) is 0 Å². The molecule has 3 rings (SSSR count). The number of amides is 1. The predicted octanol–water partition coefficient (Wildman–Crippen LogP) is 0.743. The highest BCUT2D eigenvalue weighted by molar-refractivity contribution is 5.81. The summed E-state index contributed by atoms with van der Waals surface area (Å²) in [6.45, 7) is 7.42. The summed E-state index contributed by atoms with van der Waals surface area (Å²) in [5, 5.41) is 6.12. The summed E-state index contributed by atoms with van der Waals surface area (Å²) in [5.74, 6) is -0.446. The number of hydrogen-bond donors (Lipinski definition) is 2. The standard InChI is InChI=1S/C18H27FN4O2/c1-13(21-18(24)17-12-20-5-10-25-17)15-11-14(19)3-4-16(15)23-8-6-22(2)7-9-23/h3-4,11,13,17,20H,5-10,12H2,1-2H3,(H,21,24). The molecule has 0 saturated carbocycles. The van der Waals surface area contributed by atoms with Gasteiger partial charge >= 0.3 is 0 Å². The third-order valence-corrected chi connectivity index (χ3v) is 4.88. The maximum atomic E-state index is 13.9. The number of piperazine rings is 1. The molecule has 6 nitrogen and oxygen atoms in total. The first-order valence-electron chi connectivity index (χ1n) is 8.90. The van der Waals surface area contributed by atoms with Gasteiger partial charge in [0.15, 0.2) is 0 Å². The van der Waals surface area contributed by atoms with E-state index in [1.807, 2.05) is 13.0 Å². The molecule has 2 aliphatic rings. The molecule has 2 N–H and O–H groups in total. The molecule has 0 bridgehead atoms. The number of hydrogen-bond acceptors (Lipinski definition) is 5. The van der Waals surface area contributed by atoms with Crippen LogP contribution in [-0.2, 0) is 9.53 Å². The largest absolute Gasteiger partial charge is 0.369 e. The second kappa shape index (κ2) is 8.12. The fourth-order valence-corrected chi connectivity index (χ4v) is 3.33. The number of ether oxygens (including phenoxy) is 1. The highest BCUT2D eigenvalue weighted by atomic mass is 19.1. The molecule has 25 heavy (non-hydrogen) atoms. The van der Waals surface area contributed by atoms with E-state index < -0.39 is 6.10 Å². The summed E-state index contributed by atoms with van der Waals surface area (Å²) in [4.78, 5) is 16.9. The molecule has 0 radical (unpaired) electrons. The number of rotatable bonds is 4. The van der Waals surface area contributed by atoms with E-state index in [0.29, 0.717) is 13.2 Å². The van der Waals surface area contributed by atoms with Crippen LogP contribution in [0.4, 0.5) is 10.1 Å². The number of morpholine rings is 1. The first-order chi connectivity index (χ1) is 12.0. The quantitative estimate of drug-likeness (QED) is 0.839. The van der Waals surface area contributed by atoms with Gasteiger partial charge in [-0.2, -0.15) is 0 Å². The van der Waals surface area contributed by atoms with Gasteiger partial charge in [0.25, 0.3) is 5.91 Å². The lowest BCUT2D eigenvalue weighted by Crippen LogP contribution is -2.48. The van der Waals surface area contributed by atoms with Crippen molar-refractivity contribution in [1.29, 1.82) is 0 Å². The fourth-order valence-electron chi connectivity index (χ4n) is 3.33. The minimum atomic E-state index is -0.489. The van der Waals surface area contributed by atoms with Crippen LogP contribution >= 0.6 is 0 Å². The molecule has 0 aliphatic carbocycles. The summed E-state index contributed by atoms with van der Waals surface area (Å²) >= 11 is 0. The molecule has 2 fully saturated rings. The van der Waals surface area contributed by atoms with Crippen molar-refractivity contribution in [1.82, 2.24) is 15.5 Å². The Bertz CT molecular complexity index is 599. The fraction of sp³-hybridized carbons (Fsp3) is 0.611. The average molecular weight is 350 g/mol. The normalized spacial score (nSPS) is 23.3. The van der Waals surface area contributed by atoms with Crippen LogP contribution in [0.2, 0.25) is 0 Å².